The van der Waals surface area contributed by atoms with E-state index in [0.717, 1.165) is 6.54 Å². The average molecular weight is 195 g/mol. The summed E-state index contributed by atoms with van der Waals surface area (Å²) in [4.78, 5) is 12.9. The molecular weight excluding hydrogens is 175 g/mol. The maximum absolute atomic E-state index is 10.8. The number of carboxylic acid groups (broad SMARTS) is 1. The summed E-state index contributed by atoms with van der Waals surface area (Å²) < 4.78 is 0. The lowest BCUT2D eigenvalue weighted by Crippen LogP contribution is -2.42. The van der Waals surface area contributed by atoms with Gasteiger partial charge in [0.15, 0.2) is 7.98 Å². The molecule has 0 bridgehead atoms. The van der Waals surface area contributed by atoms with E-state index in [9.17, 15) is 4.79 Å². The number of hydrogen-bond donors (Lipinski definition) is 1. The predicted octanol–water partition coefficient (Wildman–Crippen LogP) is -1.44. The third kappa shape index (κ3) is 4.22. The highest BCUT2D eigenvalue weighted by Gasteiger charge is 2.24. The molecule has 0 aliphatic rings. The van der Waals surface area contributed by atoms with Crippen LogP contribution in [0, 0.1) is 0 Å². The number of rotatable bonds is 4. The van der Waals surface area contributed by atoms with Gasteiger partial charge in [-0.2, -0.15) is 0 Å². The summed E-state index contributed by atoms with van der Waals surface area (Å²) >= 11 is 0. The minimum atomic E-state index is -0.709. The highest BCUT2D eigenvalue weighted by molar-refractivity contribution is 6.29. The number of carbonyl (C=O) groups is 1. The fourth-order valence-electron chi connectivity index (χ4n) is 1.11. The van der Waals surface area contributed by atoms with Crippen LogP contribution in [0.3, 0.4) is 0 Å². The first-order valence-corrected chi connectivity index (χ1v) is 5.10. The van der Waals surface area contributed by atoms with Gasteiger partial charge in [0, 0.05) is 11.4 Å². The molecule has 0 aliphatic carbocycles. The second kappa shape index (κ2) is 4.92. The van der Waals surface area contributed by atoms with Gasteiger partial charge in [0.25, 0.3) is 5.97 Å². The summed E-state index contributed by atoms with van der Waals surface area (Å²) in [6.45, 7) is 7.21. The Balaban J connectivity index is 4.19. The number of aliphatic carboxylic acids is 1. The normalized spacial score (nSPS) is 16.6. The van der Waals surface area contributed by atoms with Crippen molar-refractivity contribution in [2.75, 3.05) is 6.54 Å². The van der Waals surface area contributed by atoms with Gasteiger partial charge in [-0.1, -0.05) is 5.82 Å². The molecule has 2 atom stereocenters. The highest BCUT2D eigenvalue weighted by atomic mass is 16.4. The summed E-state index contributed by atoms with van der Waals surface area (Å²) in [7, 11) is 5.79. The smallest absolute Gasteiger partial charge is 0.297 e. The van der Waals surface area contributed by atoms with Gasteiger partial charge < -0.3 is 9.92 Å². The molecule has 0 aliphatic heterocycles. The summed E-state index contributed by atoms with van der Waals surface area (Å²) in [6, 6.07) is 0. The van der Waals surface area contributed by atoms with Gasteiger partial charge in [0.2, 0.25) is 0 Å². The summed E-state index contributed by atoms with van der Waals surface area (Å²) in [5, 5.41) is 8.85. The van der Waals surface area contributed by atoms with E-state index in [0.29, 0.717) is 0 Å². The average Bonchev–Trinajstić information content (AvgIpc) is 2.00. The molecule has 14 heavy (non-hydrogen) atoms. The molecule has 2 unspecified atom stereocenters. The van der Waals surface area contributed by atoms with Gasteiger partial charge in [0.1, 0.15) is 15.7 Å². The van der Waals surface area contributed by atoms with Crippen LogP contribution in [0.25, 0.3) is 0 Å². The fourth-order valence-corrected chi connectivity index (χ4v) is 1.11. The first-order chi connectivity index (χ1) is 6.16. The summed E-state index contributed by atoms with van der Waals surface area (Å²) in [6.07, 6.45) is 0. The van der Waals surface area contributed by atoms with E-state index >= 15 is 0 Å². The van der Waals surface area contributed by atoms with Crippen LogP contribution in [0.4, 0.5) is 0 Å². The van der Waals surface area contributed by atoms with Crippen LogP contribution in [0.1, 0.15) is 20.8 Å². The van der Waals surface area contributed by atoms with E-state index in [4.69, 9.17) is 5.11 Å². The molecule has 0 aromatic heterocycles. The molecule has 6 heteroatoms. The lowest BCUT2D eigenvalue weighted by Gasteiger charge is -2.35. The van der Waals surface area contributed by atoms with Gasteiger partial charge in [0.05, 0.1) is 0 Å². The van der Waals surface area contributed by atoms with E-state index < -0.39 is 5.97 Å². The van der Waals surface area contributed by atoms with Crippen LogP contribution >= 0.6 is 0 Å². The van der Waals surface area contributed by atoms with E-state index in [1.807, 2.05) is 15.8 Å². The van der Waals surface area contributed by atoms with Crippen LogP contribution < -0.4 is 0 Å². The molecule has 0 saturated carbocycles. The number of nitrogens with zero attached hydrogens (tertiary/aromatic N) is 1. The molecule has 0 spiro atoms. The Hall–Kier alpha value is -0.375. The Bertz CT molecular complexity index is 205. The van der Waals surface area contributed by atoms with E-state index in [1.165, 1.54) is 0 Å². The minimum absolute atomic E-state index is 0.104. The Morgan fingerprint density at radius 3 is 2.14 bits per heavy atom. The molecule has 0 heterocycles. The van der Waals surface area contributed by atoms with Gasteiger partial charge in [-0.05, 0) is 27.3 Å². The lowest BCUT2D eigenvalue weighted by atomic mass is 9.66. The molecule has 78 valence electrons. The van der Waals surface area contributed by atoms with Crippen molar-refractivity contribution in [2.24, 2.45) is 0 Å². The van der Waals surface area contributed by atoms with Crippen LogP contribution in [-0.2, 0) is 4.79 Å². The Morgan fingerprint density at radius 1 is 1.43 bits per heavy atom. The Morgan fingerprint density at radius 2 is 1.86 bits per heavy atom. The molecule has 0 radical (unpaired) electrons. The van der Waals surface area contributed by atoms with Crippen molar-refractivity contribution in [3.05, 3.63) is 0 Å². The third-order valence-electron chi connectivity index (χ3n) is 2.95. The van der Waals surface area contributed by atoms with Crippen LogP contribution in [0.15, 0.2) is 0 Å². The minimum Gasteiger partial charge on any atom is -0.482 e. The van der Waals surface area contributed by atoms with Crippen molar-refractivity contribution < 1.29 is 9.90 Å². The van der Waals surface area contributed by atoms with Gasteiger partial charge in [-0.25, -0.2) is 0 Å². The monoisotopic (exact) mass is 195 g/mol. The zero-order valence-electron chi connectivity index (χ0n) is 10.2. The van der Waals surface area contributed by atoms with E-state index in [2.05, 4.69) is 25.6 Å². The molecule has 0 saturated heterocycles. The van der Waals surface area contributed by atoms with Crippen molar-refractivity contribution in [3.63, 3.8) is 0 Å². The molecule has 1 N–H and O–H groups in total. The van der Waals surface area contributed by atoms with Crippen LogP contribution in [-0.4, -0.2) is 51.6 Å². The Kier molecular flexibility index (Phi) is 4.79. The van der Waals surface area contributed by atoms with Crippen LogP contribution in [0.2, 0.25) is 11.6 Å². The second-order valence-corrected chi connectivity index (χ2v) is 5.16. The summed E-state index contributed by atoms with van der Waals surface area (Å²) in [5.41, 5.74) is 0.104. The van der Waals surface area contributed by atoms with Crippen molar-refractivity contribution >= 4 is 29.6 Å². The van der Waals surface area contributed by atoms with Gasteiger partial charge >= 0.3 is 0 Å². The third-order valence-corrected chi connectivity index (χ3v) is 2.95. The largest absolute Gasteiger partial charge is 0.482 e. The quantitative estimate of drug-likeness (QED) is 0.558. The number of carboxylic acids is 1. The second-order valence-electron chi connectivity index (χ2n) is 5.16. The molecular formula is C8H20B3NO2. The number of hydrogen-bond acceptors (Lipinski definition) is 2. The fraction of sp³-hybridized carbons (Fsp3) is 0.875. The van der Waals surface area contributed by atoms with E-state index in [1.54, 1.807) is 7.85 Å². The predicted molar refractivity (Wildman–Crippen MR) is 67.2 cm³/mol. The zero-order chi connectivity index (χ0) is 11.5. The maximum Gasteiger partial charge on any atom is 0.297 e. The van der Waals surface area contributed by atoms with Gasteiger partial charge in [-0.3, -0.25) is 4.79 Å². The lowest BCUT2D eigenvalue weighted by molar-refractivity contribution is -0.137. The molecule has 0 fully saturated rings. The SMILES string of the molecule is BC(CN(B)C(C)(C)C)C(B)C(=O)O. The first-order valence-electron chi connectivity index (χ1n) is 5.10. The first kappa shape index (κ1) is 13.6. The van der Waals surface area contributed by atoms with Crippen molar-refractivity contribution in [3.8, 4) is 0 Å². The Labute approximate surface area is 89.5 Å². The molecule has 0 aromatic rings. The topological polar surface area (TPSA) is 40.5 Å². The zero-order valence-corrected chi connectivity index (χ0v) is 10.2. The maximum atomic E-state index is 10.8. The van der Waals surface area contributed by atoms with Crippen molar-refractivity contribution in [1.29, 1.82) is 0 Å². The molecule has 3 nitrogen and oxygen atoms in total. The molecule has 0 rings (SSSR count). The van der Waals surface area contributed by atoms with Gasteiger partial charge in [-0.15, -0.1) is 0 Å². The van der Waals surface area contributed by atoms with Crippen molar-refractivity contribution in [2.45, 2.75) is 37.9 Å². The van der Waals surface area contributed by atoms with E-state index in [-0.39, 0.29) is 17.2 Å². The molecule has 0 aromatic carbocycles. The van der Waals surface area contributed by atoms with Crippen LogP contribution in [0.5, 0.6) is 0 Å². The van der Waals surface area contributed by atoms with Crippen molar-refractivity contribution in [1.82, 2.24) is 4.81 Å². The summed E-state index contributed by atoms with van der Waals surface area (Å²) in [5.74, 6) is -0.809. The highest BCUT2D eigenvalue weighted by Crippen LogP contribution is 2.21. The molecule has 0 amide bonds. The standard InChI is InChI=1S/C8H20B3NO2/c1-8(2,3)12(11)4-5(9)6(10)7(13)14/h5-6H,4,9-11H2,1-3H3,(H,13,14).